The van der Waals surface area contributed by atoms with E-state index in [9.17, 15) is 13.2 Å². The van der Waals surface area contributed by atoms with Crippen molar-refractivity contribution in [3.05, 3.63) is 51.9 Å². The highest BCUT2D eigenvalue weighted by molar-refractivity contribution is 7.89. The number of aromatic nitrogens is 1. The van der Waals surface area contributed by atoms with Crippen LogP contribution in [0.5, 0.6) is 0 Å². The second kappa shape index (κ2) is 5.77. The molecule has 9 heteroatoms. The van der Waals surface area contributed by atoms with E-state index < -0.39 is 15.6 Å². The first-order valence-electron chi connectivity index (χ1n) is 7.29. The van der Waals surface area contributed by atoms with Crippen molar-refractivity contribution in [2.75, 3.05) is 12.3 Å². The summed E-state index contributed by atoms with van der Waals surface area (Å²) >= 11 is 0. The summed E-state index contributed by atoms with van der Waals surface area (Å²) in [6, 6.07) is 6.23. The highest BCUT2D eigenvalue weighted by Crippen LogP contribution is 2.32. The maximum Gasteiger partial charge on any atom is 0.261 e. The molecule has 0 amide bonds. The van der Waals surface area contributed by atoms with Crippen LogP contribution in [0.1, 0.15) is 18.1 Å². The Hall–Kier alpha value is -2.65. The van der Waals surface area contributed by atoms with Crippen molar-refractivity contribution in [2.45, 2.75) is 18.4 Å². The fourth-order valence-electron chi connectivity index (χ4n) is 2.66. The molecule has 0 unspecified atom stereocenters. The van der Waals surface area contributed by atoms with Crippen molar-refractivity contribution in [2.24, 2.45) is 10.7 Å². The topological polar surface area (TPSA) is 135 Å². The van der Waals surface area contributed by atoms with Gasteiger partial charge < -0.3 is 16.5 Å². The Labute approximate surface area is 138 Å². The minimum absolute atomic E-state index is 0.0255. The summed E-state index contributed by atoms with van der Waals surface area (Å²) in [5, 5.41) is 0. The number of pyridine rings is 1. The molecule has 24 heavy (non-hydrogen) atoms. The quantitative estimate of drug-likeness (QED) is 0.549. The average Bonchev–Trinajstić information content (AvgIpc) is 2.77. The van der Waals surface area contributed by atoms with Gasteiger partial charge in [0, 0.05) is 25.0 Å². The molecule has 1 aromatic heterocycles. The van der Waals surface area contributed by atoms with Crippen LogP contribution in [-0.2, 0) is 16.6 Å². The minimum atomic E-state index is -3.43. The number of amidine groups is 1. The number of hydrogen-bond donors (Lipinski definition) is 3. The van der Waals surface area contributed by atoms with E-state index in [0.717, 1.165) is 0 Å². The lowest BCUT2D eigenvalue weighted by Crippen LogP contribution is -2.25. The fourth-order valence-corrected chi connectivity index (χ4v) is 4.28. The Morgan fingerprint density at radius 3 is 2.79 bits per heavy atom. The smallest absolute Gasteiger partial charge is 0.261 e. The summed E-state index contributed by atoms with van der Waals surface area (Å²) in [5.74, 6) is -0.0255. The van der Waals surface area contributed by atoms with Crippen LogP contribution in [0.2, 0.25) is 0 Å². The first kappa shape index (κ1) is 16.2. The van der Waals surface area contributed by atoms with Crippen LogP contribution < -0.4 is 17.0 Å². The molecule has 2 heterocycles. The van der Waals surface area contributed by atoms with E-state index in [2.05, 4.69) is 9.98 Å². The molecule has 0 saturated heterocycles. The minimum Gasteiger partial charge on any atom is -0.398 e. The lowest BCUT2D eigenvalue weighted by Gasteiger charge is -2.09. The normalized spacial score (nSPS) is 17.0. The molecule has 5 N–H and O–H groups in total. The first-order valence-corrected chi connectivity index (χ1v) is 8.73. The number of benzene rings is 1. The summed E-state index contributed by atoms with van der Waals surface area (Å²) in [4.78, 5) is 18.8. The molecule has 0 atom stereocenters. The third kappa shape index (κ3) is 2.57. The molecule has 1 aliphatic heterocycles. The third-order valence-electron chi connectivity index (χ3n) is 3.86. The van der Waals surface area contributed by atoms with Gasteiger partial charge in [0.05, 0.1) is 10.6 Å². The molecule has 3 rings (SSSR count). The average molecular weight is 347 g/mol. The van der Waals surface area contributed by atoms with Crippen molar-refractivity contribution in [3.63, 3.8) is 0 Å². The zero-order valence-electron chi connectivity index (χ0n) is 13.0. The standard InChI is InChI=1S/C15H17N5O3S/c1-2-20-8-9-7-10(3-4-12(9)24(20,22)23)19-14(17)13-11(16)5-6-18-15(13)21/h3-7H,2,8H2,1H3,(H2,17,19)(H3,16,18,21). The molecule has 0 fully saturated rings. The van der Waals surface area contributed by atoms with Crippen molar-refractivity contribution in [3.8, 4) is 0 Å². The number of aliphatic imine (C=N–C) groups is 1. The lowest BCUT2D eigenvalue weighted by molar-refractivity contribution is 0.443. The van der Waals surface area contributed by atoms with Crippen molar-refractivity contribution >= 4 is 27.2 Å². The van der Waals surface area contributed by atoms with Crippen LogP contribution in [-0.4, -0.2) is 30.1 Å². The molecule has 8 nitrogen and oxygen atoms in total. The number of anilines is 1. The first-order chi connectivity index (χ1) is 11.3. The van der Waals surface area contributed by atoms with Gasteiger partial charge in [0.15, 0.2) is 0 Å². The fraction of sp³-hybridized carbons (Fsp3) is 0.200. The summed E-state index contributed by atoms with van der Waals surface area (Å²) < 4.78 is 25.9. The van der Waals surface area contributed by atoms with E-state index in [0.29, 0.717) is 24.3 Å². The van der Waals surface area contributed by atoms with Gasteiger partial charge in [-0.2, -0.15) is 4.31 Å². The maximum absolute atomic E-state index is 12.3. The van der Waals surface area contributed by atoms with Gasteiger partial charge in [-0.1, -0.05) is 6.92 Å². The van der Waals surface area contributed by atoms with Crippen molar-refractivity contribution < 1.29 is 8.42 Å². The highest BCUT2D eigenvalue weighted by Gasteiger charge is 2.33. The summed E-state index contributed by atoms with van der Waals surface area (Å²) in [7, 11) is -3.43. The molecule has 126 valence electrons. The molecule has 2 aromatic rings. The largest absolute Gasteiger partial charge is 0.398 e. The van der Waals surface area contributed by atoms with Crippen LogP contribution >= 0.6 is 0 Å². The van der Waals surface area contributed by atoms with E-state index in [1.807, 2.05) is 0 Å². The van der Waals surface area contributed by atoms with Crippen LogP contribution in [0.3, 0.4) is 0 Å². The zero-order valence-corrected chi connectivity index (χ0v) is 13.8. The number of sulfonamides is 1. The van der Waals surface area contributed by atoms with E-state index in [1.54, 1.807) is 19.1 Å². The Bertz CT molecular complexity index is 994. The molecule has 0 aliphatic carbocycles. The van der Waals surface area contributed by atoms with E-state index in [-0.39, 0.29) is 22.0 Å². The van der Waals surface area contributed by atoms with E-state index in [1.165, 1.54) is 22.6 Å². The Balaban J connectivity index is 2.03. The van der Waals surface area contributed by atoms with Crippen LogP contribution in [0.25, 0.3) is 0 Å². The third-order valence-corrected chi connectivity index (χ3v) is 5.88. The maximum atomic E-state index is 12.3. The van der Waals surface area contributed by atoms with Gasteiger partial charge in [0.25, 0.3) is 5.56 Å². The molecule has 1 aromatic carbocycles. The number of fused-ring (bicyclic) bond motifs is 1. The number of aromatic amines is 1. The number of nitrogens with one attached hydrogen (secondary N) is 1. The number of nitrogens with two attached hydrogens (primary N) is 2. The van der Waals surface area contributed by atoms with Crippen LogP contribution in [0.15, 0.2) is 45.1 Å². The molecular weight excluding hydrogens is 330 g/mol. The van der Waals surface area contributed by atoms with Gasteiger partial charge in [-0.3, -0.25) is 4.79 Å². The van der Waals surface area contributed by atoms with Gasteiger partial charge in [-0.25, -0.2) is 13.4 Å². The summed E-state index contributed by atoms with van der Waals surface area (Å²) in [5.41, 5.74) is 12.7. The Morgan fingerprint density at radius 1 is 1.38 bits per heavy atom. The SMILES string of the molecule is CCN1Cc2cc(N=C(N)c3c(N)cc[nH]c3=O)ccc2S1(=O)=O. The van der Waals surface area contributed by atoms with Gasteiger partial charge in [0.1, 0.15) is 11.4 Å². The molecule has 0 radical (unpaired) electrons. The van der Waals surface area contributed by atoms with E-state index >= 15 is 0 Å². The number of nitrogens with zero attached hydrogens (tertiary/aromatic N) is 2. The van der Waals surface area contributed by atoms with E-state index in [4.69, 9.17) is 11.5 Å². The predicted octanol–water partition coefficient (Wildman–Crippen LogP) is 0.518. The Morgan fingerprint density at radius 2 is 2.12 bits per heavy atom. The Kier molecular flexibility index (Phi) is 3.90. The molecule has 0 spiro atoms. The number of nitrogen functional groups attached to an aromatic ring is 1. The van der Waals surface area contributed by atoms with Crippen LogP contribution in [0.4, 0.5) is 11.4 Å². The second-order valence-corrected chi connectivity index (χ2v) is 7.26. The number of rotatable bonds is 3. The summed E-state index contributed by atoms with van der Waals surface area (Å²) in [6.07, 6.45) is 1.42. The molecule has 0 bridgehead atoms. The second-order valence-electron chi connectivity index (χ2n) is 5.36. The zero-order chi connectivity index (χ0) is 17.5. The van der Waals surface area contributed by atoms with Gasteiger partial charge in [0.2, 0.25) is 10.0 Å². The predicted molar refractivity (Wildman–Crippen MR) is 91.6 cm³/mol. The van der Waals surface area contributed by atoms with Gasteiger partial charge in [-0.05, 0) is 29.8 Å². The van der Waals surface area contributed by atoms with Crippen LogP contribution in [0, 0.1) is 0 Å². The van der Waals surface area contributed by atoms with Crippen molar-refractivity contribution in [1.29, 1.82) is 0 Å². The molecule has 0 saturated carbocycles. The summed E-state index contributed by atoms with van der Waals surface area (Å²) in [6.45, 7) is 2.48. The van der Waals surface area contributed by atoms with Gasteiger partial charge >= 0.3 is 0 Å². The lowest BCUT2D eigenvalue weighted by atomic mass is 10.2. The molecule has 1 aliphatic rings. The number of hydrogen-bond acceptors (Lipinski definition) is 5. The molecular formula is C15H17N5O3S. The van der Waals surface area contributed by atoms with Crippen molar-refractivity contribution in [1.82, 2.24) is 9.29 Å². The van der Waals surface area contributed by atoms with Gasteiger partial charge in [-0.15, -0.1) is 0 Å². The number of H-pyrrole nitrogens is 1. The monoisotopic (exact) mass is 347 g/mol. The highest BCUT2D eigenvalue weighted by atomic mass is 32.2.